The van der Waals surface area contributed by atoms with Crippen LogP contribution < -0.4 is 23.8 Å². The number of ether oxygens (including phenoxy) is 3. The Morgan fingerprint density at radius 1 is 0.860 bits per heavy atom. The van der Waals surface area contributed by atoms with Crippen molar-refractivity contribution in [2.75, 3.05) is 38.7 Å². The normalized spacial score (nSPS) is 11.9. The van der Waals surface area contributed by atoms with Crippen LogP contribution in [0.1, 0.15) is 31.9 Å². The van der Waals surface area contributed by atoms with Gasteiger partial charge in [0.15, 0.2) is 0 Å². The lowest BCUT2D eigenvalue weighted by atomic mass is 10.1. The largest absolute Gasteiger partial charge is 0.497 e. The summed E-state index contributed by atoms with van der Waals surface area (Å²) in [5, 5.41) is 2.88. The van der Waals surface area contributed by atoms with Gasteiger partial charge in [0.05, 0.1) is 31.9 Å². The van der Waals surface area contributed by atoms with Crippen molar-refractivity contribution in [3.8, 4) is 17.2 Å². The van der Waals surface area contributed by atoms with Gasteiger partial charge in [-0.25, -0.2) is 8.42 Å². The van der Waals surface area contributed by atoms with Crippen molar-refractivity contribution in [3.63, 3.8) is 0 Å². The summed E-state index contributed by atoms with van der Waals surface area (Å²) < 4.78 is 45.5. The highest BCUT2D eigenvalue weighted by Gasteiger charge is 2.34. The number of carbonyl (C=O) groups is 2. The molecule has 1 N–H and O–H groups in total. The minimum Gasteiger partial charge on any atom is -0.497 e. The molecule has 0 spiro atoms. The Morgan fingerprint density at radius 2 is 1.51 bits per heavy atom. The fourth-order valence-electron chi connectivity index (χ4n) is 4.35. The van der Waals surface area contributed by atoms with Crippen LogP contribution in [-0.2, 0) is 26.2 Å². The number of nitrogens with zero attached hydrogens (tertiary/aromatic N) is 2. The highest BCUT2D eigenvalue weighted by atomic mass is 32.2. The summed E-state index contributed by atoms with van der Waals surface area (Å²) in [6.07, 6.45) is 0. The van der Waals surface area contributed by atoms with Crippen LogP contribution in [0.2, 0.25) is 0 Å². The molecular formula is C32H41N3O7S. The quantitative estimate of drug-likeness (QED) is 0.287. The smallest absolute Gasteiger partial charge is 0.264 e. The lowest BCUT2D eigenvalue weighted by Crippen LogP contribution is -2.51. The number of hydrogen-bond donors (Lipinski definition) is 1. The summed E-state index contributed by atoms with van der Waals surface area (Å²) in [5.74, 6) is 0.460. The zero-order chi connectivity index (χ0) is 31.7. The molecule has 2 amide bonds. The molecule has 0 aliphatic heterocycles. The molecule has 0 bridgehead atoms. The molecule has 0 aliphatic carbocycles. The van der Waals surface area contributed by atoms with Gasteiger partial charge >= 0.3 is 0 Å². The Hall–Kier alpha value is -4.25. The number of methoxy groups -OCH3 is 3. The van der Waals surface area contributed by atoms with Crippen LogP contribution in [0.3, 0.4) is 0 Å². The van der Waals surface area contributed by atoms with E-state index in [0.717, 1.165) is 9.87 Å². The number of hydrogen-bond acceptors (Lipinski definition) is 7. The molecule has 43 heavy (non-hydrogen) atoms. The Bertz CT molecular complexity index is 1510. The maximum atomic E-state index is 14.2. The zero-order valence-electron chi connectivity index (χ0n) is 25.8. The van der Waals surface area contributed by atoms with Gasteiger partial charge < -0.3 is 24.4 Å². The summed E-state index contributed by atoms with van der Waals surface area (Å²) in [4.78, 5) is 28.8. The monoisotopic (exact) mass is 611 g/mol. The number of nitrogens with one attached hydrogen (secondary N) is 1. The van der Waals surface area contributed by atoms with Crippen molar-refractivity contribution in [3.05, 3.63) is 77.9 Å². The maximum absolute atomic E-state index is 14.2. The van der Waals surface area contributed by atoms with Gasteiger partial charge in [-0.2, -0.15) is 0 Å². The Balaban J connectivity index is 2.11. The van der Waals surface area contributed by atoms with Gasteiger partial charge in [0, 0.05) is 19.2 Å². The van der Waals surface area contributed by atoms with Crippen LogP contribution >= 0.6 is 0 Å². The van der Waals surface area contributed by atoms with Gasteiger partial charge in [0.2, 0.25) is 11.8 Å². The molecule has 0 fully saturated rings. The third-order valence-corrected chi connectivity index (χ3v) is 8.66. The molecule has 0 saturated heterocycles. The van der Waals surface area contributed by atoms with E-state index in [1.165, 1.54) is 37.3 Å². The van der Waals surface area contributed by atoms with Crippen LogP contribution in [0, 0.1) is 12.8 Å². The fraction of sp³-hybridized carbons (Fsp3) is 0.375. The number of aryl methyl sites for hydroxylation is 1. The van der Waals surface area contributed by atoms with E-state index < -0.39 is 28.5 Å². The summed E-state index contributed by atoms with van der Waals surface area (Å²) >= 11 is 0. The van der Waals surface area contributed by atoms with Crippen molar-refractivity contribution < 1.29 is 32.2 Å². The van der Waals surface area contributed by atoms with Crippen molar-refractivity contribution in [2.24, 2.45) is 5.92 Å². The summed E-state index contributed by atoms with van der Waals surface area (Å²) in [5.41, 5.74) is 1.71. The summed E-state index contributed by atoms with van der Waals surface area (Å²) in [6.45, 7) is 7.29. The third kappa shape index (κ3) is 8.41. The molecule has 3 aromatic carbocycles. The topological polar surface area (TPSA) is 114 Å². The van der Waals surface area contributed by atoms with E-state index in [-0.39, 0.29) is 34.7 Å². The van der Waals surface area contributed by atoms with E-state index in [2.05, 4.69) is 5.32 Å². The highest BCUT2D eigenvalue weighted by molar-refractivity contribution is 7.92. The molecule has 0 aromatic heterocycles. The first kappa shape index (κ1) is 33.3. The summed E-state index contributed by atoms with van der Waals surface area (Å²) in [6, 6.07) is 17.3. The van der Waals surface area contributed by atoms with E-state index >= 15 is 0 Å². The second-order valence-electron chi connectivity index (χ2n) is 10.6. The highest BCUT2D eigenvalue weighted by Crippen LogP contribution is 2.36. The first-order chi connectivity index (χ1) is 20.4. The lowest BCUT2D eigenvalue weighted by molar-refractivity contribution is -0.139. The van der Waals surface area contributed by atoms with Crippen LogP contribution in [0.4, 0.5) is 5.69 Å². The number of benzene rings is 3. The molecule has 3 rings (SSSR count). The number of anilines is 1. The molecule has 10 nitrogen and oxygen atoms in total. The predicted octanol–water partition coefficient (Wildman–Crippen LogP) is 4.41. The van der Waals surface area contributed by atoms with Gasteiger partial charge in [0.1, 0.15) is 29.8 Å². The van der Waals surface area contributed by atoms with Crippen LogP contribution in [0.15, 0.2) is 71.6 Å². The van der Waals surface area contributed by atoms with Crippen molar-refractivity contribution in [2.45, 2.75) is 45.2 Å². The number of rotatable bonds is 14. The molecule has 0 radical (unpaired) electrons. The molecule has 1 atom stereocenters. The Morgan fingerprint density at radius 3 is 2.12 bits per heavy atom. The number of sulfonamides is 1. The standard InChI is InChI=1S/C32H41N3O7S/c1-22(2)19-33-32(37)24(4)34(20-25-9-8-10-26(17-25)40-5)31(36)21-35(29-18-27(41-6)13-16-30(29)42-7)43(38,39)28-14-11-23(3)12-15-28/h8-18,22,24H,19-21H2,1-7H3,(H,33,37)/t24-/m1/s1. The van der Waals surface area contributed by atoms with E-state index in [1.807, 2.05) is 26.8 Å². The van der Waals surface area contributed by atoms with E-state index in [9.17, 15) is 18.0 Å². The first-order valence-corrected chi connectivity index (χ1v) is 15.4. The van der Waals surface area contributed by atoms with Gasteiger partial charge in [-0.1, -0.05) is 43.7 Å². The van der Waals surface area contributed by atoms with Crippen LogP contribution in [-0.4, -0.2) is 65.6 Å². The third-order valence-electron chi connectivity index (χ3n) is 6.88. The average Bonchev–Trinajstić information content (AvgIpc) is 3.00. The van der Waals surface area contributed by atoms with Gasteiger partial charge in [-0.05, 0) is 61.7 Å². The minimum atomic E-state index is -4.28. The molecular weight excluding hydrogens is 570 g/mol. The second-order valence-corrected chi connectivity index (χ2v) is 12.4. The SMILES string of the molecule is COc1cccc(CN(C(=O)CN(c2cc(OC)ccc2OC)S(=O)(=O)c2ccc(C)cc2)[C@H](C)C(=O)NCC(C)C)c1. The second kappa shape index (κ2) is 14.8. The number of carbonyl (C=O) groups excluding carboxylic acids is 2. The van der Waals surface area contributed by atoms with E-state index in [1.54, 1.807) is 56.5 Å². The molecule has 0 saturated carbocycles. The lowest BCUT2D eigenvalue weighted by Gasteiger charge is -2.32. The molecule has 3 aromatic rings. The molecule has 0 aliphatic rings. The van der Waals surface area contributed by atoms with Crippen molar-refractivity contribution >= 4 is 27.5 Å². The Kier molecular flexibility index (Phi) is 11.4. The fourth-order valence-corrected chi connectivity index (χ4v) is 5.76. The van der Waals surface area contributed by atoms with Gasteiger partial charge in [-0.3, -0.25) is 13.9 Å². The zero-order valence-corrected chi connectivity index (χ0v) is 26.6. The minimum absolute atomic E-state index is 0.00200. The van der Waals surface area contributed by atoms with E-state index in [0.29, 0.717) is 23.6 Å². The van der Waals surface area contributed by atoms with E-state index in [4.69, 9.17) is 14.2 Å². The molecule has 232 valence electrons. The Labute approximate surface area is 254 Å². The predicted molar refractivity (Wildman–Crippen MR) is 166 cm³/mol. The van der Waals surface area contributed by atoms with Crippen LogP contribution in [0.25, 0.3) is 0 Å². The average molecular weight is 612 g/mol. The summed E-state index contributed by atoms with van der Waals surface area (Å²) in [7, 11) is 0.141. The maximum Gasteiger partial charge on any atom is 0.264 e. The van der Waals surface area contributed by atoms with Crippen molar-refractivity contribution in [1.82, 2.24) is 10.2 Å². The molecule has 11 heteroatoms. The van der Waals surface area contributed by atoms with Crippen molar-refractivity contribution in [1.29, 1.82) is 0 Å². The van der Waals surface area contributed by atoms with Gasteiger partial charge in [0.25, 0.3) is 10.0 Å². The molecule has 0 heterocycles. The first-order valence-electron chi connectivity index (χ1n) is 13.9. The van der Waals surface area contributed by atoms with Crippen LogP contribution in [0.5, 0.6) is 17.2 Å². The number of amides is 2. The van der Waals surface area contributed by atoms with Gasteiger partial charge in [-0.15, -0.1) is 0 Å². The molecule has 0 unspecified atom stereocenters.